The lowest BCUT2D eigenvalue weighted by Gasteiger charge is -2.43. The van der Waals surface area contributed by atoms with Crippen molar-refractivity contribution < 1.29 is 62.2 Å². The Labute approximate surface area is 407 Å². The van der Waals surface area contributed by atoms with Gasteiger partial charge in [-0.15, -0.1) is 0 Å². The minimum atomic E-state index is -2.38. The molecule has 2 saturated heterocycles. The van der Waals surface area contributed by atoms with Crippen LogP contribution in [0.4, 0.5) is 0 Å². The highest BCUT2D eigenvalue weighted by molar-refractivity contribution is 6.39. The molecule has 0 aromatic carbocycles. The molecular weight excluding hydrogens is 871 g/mol. The maximum Gasteiger partial charge on any atom is 0.329 e. The third kappa shape index (κ3) is 15.0. The lowest BCUT2D eigenvalue weighted by Crippen LogP contribution is -2.61. The molecular formula is C54H87NO13. The van der Waals surface area contributed by atoms with Gasteiger partial charge in [0.05, 0.1) is 30.5 Å². The molecule has 4 aliphatic rings. The Hall–Kier alpha value is -3.08. The second kappa shape index (κ2) is 27.5. The van der Waals surface area contributed by atoms with Crippen molar-refractivity contribution in [2.75, 3.05) is 49.2 Å². The Morgan fingerprint density at radius 2 is 1.43 bits per heavy atom. The summed E-state index contributed by atoms with van der Waals surface area (Å²) in [4.78, 5) is 58.7. The van der Waals surface area contributed by atoms with Gasteiger partial charge in [-0.1, -0.05) is 71.1 Å². The second-order valence-corrected chi connectivity index (χ2v) is 20.4. The number of ketones is 2. The molecule has 1 N–H and O–H groups in total. The molecule has 0 unspecified atom stereocenters. The first-order valence-corrected chi connectivity index (χ1v) is 25.2. The highest BCUT2D eigenvalue weighted by atomic mass is 16.6. The Balaban J connectivity index is 1.74. The fourth-order valence-corrected chi connectivity index (χ4v) is 11.1. The molecule has 3 heterocycles. The van der Waals surface area contributed by atoms with Crippen molar-refractivity contribution in [2.45, 2.75) is 186 Å². The van der Waals surface area contributed by atoms with Gasteiger partial charge in [-0.25, -0.2) is 4.79 Å². The van der Waals surface area contributed by atoms with E-state index in [9.17, 15) is 24.3 Å². The fraction of sp³-hybridized carbons (Fsp3) is 0.778. The number of cyclic esters (lactones) is 1. The number of carbonyl (C=O) groups excluding carboxylic acids is 4. The van der Waals surface area contributed by atoms with Crippen LogP contribution in [0.1, 0.15) is 126 Å². The highest BCUT2D eigenvalue weighted by Gasteiger charge is 2.53. The van der Waals surface area contributed by atoms with Gasteiger partial charge in [0, 0.05) is 79.8 Å². The van der Waals surface area contributed by atoms with Crippen LogP contribution < -0.4 is 0 Å². The lowest BCUT2D eigenvalue weighted by atomic mass is 9.78. The van der Waals surface area contributed by atoms with Gasteiger partial charge in [-0.3, -0.25) is 14.4 Å². The number of nitrogens with zero attached hydrogens (tertiary/aromatic N) is 1. The van der Waals surface area contributed by atoms with E-state index in [-0.39, 0.29) is 60.2 Å². The number of fused-ring (bicyclic) bond motifs is 3. The molecule has 68 heavy (non-hydrogen) atoms. The van der Waals surface area contributed by atoms with Gasteiger partial charge in [-0.2, -0.15) is 0 Å². The maximum absolute atomic E-state index is 14.6. The van der Waals surface area contributed by atoms with E-state index in [0.717, 1.165) is 36.8 Å². The van der Waals surface area contributed by atoms with Gasteiger partial charge in [0.2, 0.25) is 5.79 Å². The van der Waals surface area contributed by atoms with E-state index in [0.29, 0.717) is 51.4 Å². The lowest BCUT2D eigenvalue weighted by molar-refractivity contribution is -0.265. The highest BCUT2D eigenvalue weighted by Crippen LogP contribution is 2.38. The van der Waals surface area contributed by atoms with Crippen molar-refractivity contribution in [3.05, 3.63) is 47.6 Å². The average molecular weight is 958 g/mol. The van der Waals surface area contributed by atoms with E-state index < -0.39 is 65.9 Å². The van der Waals surface area contributed by atoms with Crippen LogP contribution in [0.25, 0.3) is 0 Å². The Morgan fingerprint density at radius 1 is 0.735 bits per heavy atom. The zero-order valence-corrected chi connectivity index (χ0v) is 43.6. The number of aliphatic hydroxyl groups is 1. The second-order valence-electron chi connectivity index (χ2n) is 20.4. The molecule has 1 amide bonds. The summed E-state index contributed by atoms with van der Waals surface area (Å²) in [6.45, 7) is 13.9. The van der Waals surface area contributed by atoms with Gasteiger partial charge in [0.1, 0.15) is 24.4 Å². The summed E-state index contributed by atoms with van der Waals surface area (Å²) in [5.74, 6) is -6.02. The SMILES string of the molecule is CO[C@H]1C[C@@H]2CC[C@@H](C)[C@@](O)(O2)C(=O)C(=O)N2CCCC[C@H]2C(=O)O[C@H]([C@H](C)C[C@@H]2CC[C@@H](OC)[C@H](OC)C2)C[C@@H](OC)[C@H](C)/C=C(\C)[C@@H](OC)[C@@H](OC)C(=O)[C@H](C)C[C@H](C)/C=C/C=C/C=C/1C. The summed E-state index contributed by atoms with van der Waals surface area (Å²) >= 11 is 0. The molecule has 14 nitrogen and oxygen atoms in total. The van der Waals surface area contributed by atoms with E-state index in [4.69, 9.17) is 37.9 Å². The Bertz CT molecular complexity index is 1760. The normalized spacial score (nSPS) is 40.2. The van der Waals surface area contributed by atoms with Crippen molar-refractivity contribution in [1.29, 1.82) is 0 Å². The molecule has 1 saturated carbocycles. The molecule has 0 radical (unpaired) electrons. The van der Waals surface area contributed by atoms with E-state index in [2.05, 4.69) is 19.9 Å². The van der Waals surface area contributed by atoms with E-state index in [1.807, 2.05) is 58.1 Å². The molecule has 4 rings (SSSR count). The smallest absolute Gasteiger partial charge is 0.329 e. The van der Waals surface area contributed by atoms with Crippen LogP contribution in [0, 0.1) is 35.5 Å². The van der Waals surface area contributed by atoms with Crippen LogP contribution >= 0.6 is 0 Å². The van der Waals surface area contributed by atoms with Crippen molar-refractivity contribution >= 4 is 23.4 Å². The number of ether oxygens (including phenoxy) is 8. The summed E-state index contributed by atoms with van der Waals surface area (Å²) in [6.07, 6.45) is 15.5. The number of hydrogen-bond acceptors (Lipinski definition) is 13. The Morgan fingerprint density at radius 3 is 2.07 bits per heavy atom. The van der Waals surface area contributed by atoms with Crippen molar-refractivity contribution in [2.24, 2.45) is 35.5 Å². The van der Waals surface area contributed by atoms with Crippen molar-refractivity contribution in [3.8, 4) is 0 Å². The summed E-state index contributed by atoms with van der Waals surface area (Å²) in [6, 6.07) is -1.04. The predicted octanol–water partition coefficient (Wildman–Crippen LogP) is 7.93. The quantitative estimate of drug-likeness (QED) is 0.135. The minimum absolute atomic E-state index is 0.0102. The number of allylic oxidation sites excluding steroid dienone is 5. The molecule has 1 aliphatic carbocycles. The summed E-state index contributed by atoms with van der Waals surface area (Å²) in [5.41, 5.74) is 1.72. The molecule has 0 aromatic heterocycles. The molecule has 2 bridgehead atoms. The van der Waals surface area contributed by atoms with Gasteiger partial charge >= 0.3 is 5.97 Å². The van der Waals surface area contributed by atoms with Crippen molar-refractivity contribution in [1.82, 2.24) is 4.90 Å². The molecule has 14 heteroatoms. The predicted molar refractivity (Wildman–Crippen MR) is 261 cm³/mol. The number of Topliss-reactive ketones (excluding diaryl/α,β-unsaturated/α-hetero) is 2. The van der Waals surface area contributed by atoms with Crippen LogP contribution in [0.3, 0.4) is 0 Å². The monoisotopic (exact) mass is 958 g/mol. The van der Waals surface area contributed by atoms with Crippen LogP contribution in [0.2, 0.25) is 0 Å². The van der Waals surface area contributed by atoms with Crippen LogP contribution in [-0.2, 0) is 57.1 Å². The first-order chi connectivity index (χ1) is 32.4. The topological polar surface area (TPSA) is 166 Å². The average Bonchev–Trinajstić information content (AvgIpc) is 3.33. The molecule has 0 spiro atoms. The Kier molecular flexibility index (Phi) is 23.3. The number of rotatable bonds is 9. The zero-order chi connectivity index (χ0) is 50.3. The molecule has 0 aromatic rings. The maximum atomic E-state index is 14.6. The van der Waals surface area contributed by atoms with Gasteiger partial charge in [0.25, 0.3) is 11.7 Å². The molecule has 386 valence electrons. The van der Waals surface area contributed by atoms with Crippen LogP contribution in [0.15, 0.2) is 47.6 Å². The fourth-order valence-electron chi connectivity index (χ4n) is 11.1. The summed E-state index contributed by atoms with van der Waals surface area (Å²) < 4.78 is 48.3. The molecule has 16 atom stereocenters. The third-order valence-electron chi connectivity index (χ3n) is 15.4. The van der Waals surface area contributed by atoms with Crippen LogP contribution in [-0.4, -0.2) is 143 Å². The van der Waals surface area contributed by atoms with E-state index >= 15 is 0 Å². The number of carbonyl (C=O) groups is 4. The largest absolute Gasteiger partial charge is 0.460 e. The zero-order valence-electron chi connectivity index (χ0n) is 43.6. The first kappa shape index (κ1) is 57.5. The number of amides is 1. The van der Waals surface area contributed by atoms with E-state index in [1.165, 1.54) is 12.0 Å². The van der Waals surface area contributed by atoms with Crippen molar-refractivity contribution in [3.63, 3.8) is 0 Å². The van der Waals surface area contributed by atoms with Gasteiger partial charge < -0.3 is 47.9 Å². The number of piperidine rings is 1. The molecule has 3 aliphatic heterocycles. The third-order valence-corrected chi connectivity index (χ3v) is 15.4. The van der Waals surface area contributed by atoms with Gasteiger partial charge in [0.15, 0.2) is 5.78 Å². The van der Waals surface area contributed by atoms with Gasteiger partial charge in [-0.05, 0) is 107 Å². The molecule has 3 fully saturated rings. The first-order valence-electron chi connectivity index (χ1n) is 25.2. The summed E-state index contributed by atoms with van der Waals surface area (Å²) in [7, 11) is 9.78. The van der Waals surface area contributed by atoms with E-state index in [1.54, 1.807) is 42.5 Å². The number of hydrogen-bond donors (Lipinski definition) is 1. The number of methoxy groups -OCH3 is 6. The minimum Gasteiger partial charge on any atom is -0.460 e. The summed E-state index contributed by atoms with van der Waals surface area (Å²) in [5, 5.41) is 12.0. The standard InChI is InChI=1S/C54H87NO13/c1-33-19-15-14-16-20-34(2)44(62-9)31-41-24-22-39(7)54(60,68-41)51(57)52(58)55-26-18-17-21-42(55)53(59)67-46(36(4)29-40-23-25-43(61-8)47(30-40)64-11)32-45(63-10)35(3)28-38(6)49(65-12)50(66-13)48(56)37(5)27-33/h14-16,19-20,28,33,35-37,39-47,49-50,60H,17-18,21-27,29-32H2,1-13H3/b16-14+,19-15+,34-20+,38-28+/t33-,35-,36-,37-,39-,40+,41+,42+,43-,44+,45-,46+,47-,49-,50+,54-/m1/s1. The van der Waals surface area contributed by atoms with Crippen LogP contribution in [0.5, 0.6) is 0 Å². The number of esters is 1.